The van der Waals surface area contributed by atoms with Crippen LogP contribution in [0.25, 0.3) is 0 Å². The standard InChI is InChI=1S/C7H9NO3/c1-2-3-5-4-11-8-6(5)7(9)10/h4H,2-3H2,1H3,(H,9,10). The molecule has 0 saturated heterocycles. The molecule has 1 rings (SSSR count). The molecule has 1 aromatic heterocycles. The Kier molecular flexibility index (Phi) is 2.25. The van der Waals surface area contributed by atoms with Crippen LogP contribution in [-0.2, 0) is 6.42 Å². The second-order valence-corrected chi connectivity index (χ2v) is 2.24. The van der Waals surface area contributed by atoms with Gasteiger partial charge in [0, 0.05) is 5.56 Å². The molecule has 0 saturated carbocycles. The molecule has 0 unspecified atom stereocenters. The zero-order valence-electron chi connectivity index (χ0n) is 6.20. The molecule has 11 heavy (non-hydrogen) atoms. The summed E-state index contributed by atoms with van der Waals surface area (Å²) >= 11 is 0. The Morgan fingerprint density at radius 3 is 3.09 bits per heavy atom. The lowest BCUT2D eigenvalue weighted by Gasteiger charge is -1.90. The number of hydrogen-bond acceptors (Lipinski definition) is 3. The van der Waals surface area contributed by atoms with Crippen molar-refractivity contribution < 1.29 is 14.4 Å². The van der Waals surface area contributed by atoms with Gasteiger partial charge in [-0.2, -0.15) is 0 Å². The topological polar surface area (TPSA) is 63.3 Å². The van der Waals surface area contributed by atoms with E-state index in [1.54, 1.807) is 0 Å². The molecular formula is C7H9NO3. The predicted octanol–water partition coefficient (Wildman–Crippen LogP) is 1.33. The van der Waals surface area contributed by atoms with Crippen molar-refractivity contribution in [1.82, 2.24) is 5.16 Å². The highest BCUT2D eigenvalue weighted by molar-refractivity contribution is 5.86. The second kappa shape index (κ2) is 3.18. The maximum atomic E-state index is 10.4. The number of nitrogens with zero attached hydrogens (tertiary/aromatic N) is 1. The second-order valence-electron chi connectivity index (χ2n) is 2.24. The number of rotatable bonds is 3. The number of hydrogen-bond donors (Lipinski definition) is 1. The van der Waals surface area contributed by atoms with Gasteiger partial charge >= 0.3 is 5.97 Å². The van der Waals surface area contributed by atoms with E-state index in [0.717, 1.165) is 6.42 Å². The molecule has 0 aliphatic heterocycles. The van der Waals surface area contributed by atoms with E-state index in [9.17, 15) is 4.79 Å². The fourth-order valence-electron chi connectivity index (χ4n) is 0.880. The Morgan fingerprint density at radius 1 is 1.82 bits per heavy atom. The van der Waals surface area contributed by atoms with Crippen molar-refractivity contribution >= 4 is 5.97 Å². The van der Waals surface area contributed by atoms with Gasteiger partial charge < -0.3 is 9.63 Å². The lowest BCUT2D eigenvalue weighted by Crippen LogP contribution is -2.00. The van der Waals surface area contributed by atoms with Crippen molar-refractivity contribution in [2.24, 2.45) is 0 Å². The number of carboxylic acids is 1. The fourth-order valence-corrected chi connectivity index (χ4v) is 0.880. The van der Waals surface area contributed by atoms with Crippen LogP contribution in [0.4, 0.5) is 0 Å². The predicted molar refractivity (Wildman–Crippen MR) is 37.5 cm³/mol. The Bertz CT molecular complexity index is 254. The minimum absolute atomic E-state index is 0.0341. The molecule has 60 valence electrons. The Balaban J connectivity index is 2.87. The summed E-state index contributed by atoms with van der Waals surface area (Å²) in [4.78, 5) is 10.4. The molecule has 0 aliphatic rings. The first-order chi connectivity index (χ1) is 5.25. The van der Waals surface area contributed by atoms with Gasteiger partial charge in [0.15, 0.2) is 5.69 Å². The molecular weight excluding hydrogens is 146 g/mol. The van der Waals surface area contributed by atoms with Crippen molar-refractivity contribution in [3.63, 3.8) is 0 Å². The van der Waals surface area contributed by atoms with Gasteiger partial charge in [0.25, 0.3) is 0 Å². The summed E-state index contributed by atoms with van der Waals surface area (Å²) in [5.74, 6) is -1.03. The highest BCUT2D eigenvalue weighted by atomic mass is 16.5. The largest absolute Gasteiger partial charge is 0.476 e. The molecule has 1 heterocycles. The van der Waals surface area contributed by atoms with Crippen molar-refractivity contribution in [3.05, 3.63) is 17.5 Å². The molecule has 0 fully saturated rings. The Morgan fingerprint density at radius 2 is 2.55 bits per heavy atom. The van der Waals surface area contributed by atoms with Crippen LogP contribution in [0.1, 0.15) is 29.4 Å². The van der Waals surface area contributed by atoms with Gasteiger partial charge in [-0.25, -0.2) is 4.79 Å². The summed E-state index contributed by atoms with van der Waals surface area (Å²) in [6.07, 6.45) is 2.97. The van der Waals surface area contributed by atoms with Crippen molar-refractivity contribution in [3.8, 4) is 0 Å². The van der Waals surface area contributed by atoms with Crippen LogP contribution in [-0.4, -0.2) is 16.2 Å². The molecule has 1 aromatic rings. The highest BCUT2D eigenvalue weighted by Crippen LogP contribution is 2.08. The number of carboxylic acid groups (broad SMARTS) is 1. The third kappa shape index (κ3) is 1.58. The van der Waals surface area contributed by atoms with Crippen LogP contribution in [0.5, 0.6) is 0 Å². The molecule has 0 spiro atoms. The van der Waals surface area contributed by atoms with Gasteiger partial charge in [0.05, 0.1) is 0 Å². The summed E-state index contributed by atoms with van der Waals surface area (Å²) in [5, 5.41) is 11.9. The van der Waals surface area contributed by atoms with E-state index in [1.807, 2.05) is 6.92 Å². The Hall–Kier alpha value is -1.32. The summed E-state index contributed by atoms with van der Waals surface area (Å²) < 4.78 is 4.53. The minimum atomic E-state index is -1.03. The van der Waals surface area contributed by atoms with Crippen LogP contribution in [0.2, 0.25) is 0 Å². The monoisotopic (exact) mass is 155 g/mol. The lowest BCUT2D eigenvalue weighted by atomic mass is 10.1. The van der Waals surface area contributed by atoms with Crippen LogP contribution in [0.15, 0.2) is 10.8 Å². The maximum absolute atomic E-state index is 10.4. The van der Waals surface area contributed by atoms with Gasteiger partial charge in [-0.1, -0.05) is 18.5 Å². The summed E-state index contributed by atoms with van der Waals surface area (Å²) in [6.45, 7) is 1.97. The molecule has 0 aliphatic carbocycles. The third-order valence-corrected chi connectivity index (χ3v) is 1.37. The van der Waals surface area contributed by atoms with E-state index >= 15 is 0 Å². The first-order valence-corrected chi connectivity index (χ1v) is 3.42. The van der Waals surface area contributed by atoms with Crippen molar-refractivity contribution in [1.29, 1.82) is 0 Å². The summed E-state index contributed by atoms with van der Waals surface area (Å²) in [7, 11) is 0. The molecule has 4 nitrogen and oxygen atoms in total. The highest BCUT2D eigenvalue weighted by Gasteiger charge is 2.13. The van der Waals surface area contributed by atoms with E-state index in [1.165, 1.54) is 6.26 Å². The zero-order chi connectivity index (χ0) is 8.27. The summed E-state index contributed by atoms with van der Waals surface area (Å²) in [6, 6.07) is 0. The summed E-state index contributed by atoms with van der Waals surface area (Å²) in [5.41, 5.74) is 0.701. The quantitative estimate of drug-likeness (QED) is 0.715. The van der Waals surface area contributed by atoms with Gasteiger partial charge in [-0.15, -0.1) is 0 Å². The number of carbonyl (C=O) groups is 1. The van der Waals surface area contributed by atoms with E-state index in [0.29, 0.717) is 12.0 Å². The van der Waals surface area contributed by atoms with Crippen molar-refractivity contribution in [2.75, 3.05) is 0 Å². The smallest absolute Gasteiger partial charge is 0.358 e. The van der Waals surface area contributed by atoms with Crippen LogP contribution in [0, 0.1) is 0 Å². The van der Waals surface area contributed by atoms with E-state index in [2.05, 4.69) is 9.68 Å². The van der Waals surface area contributed by atoms with E-state index in [-0.39, 0.29) is 5.69 Å². The molecule has 4 heteroatoms. The van der Waals surface area contributed by atoms with Crippen LogP contribution in [0.3, 0.4) is 0 Å². The van der Waals surface area contributed by atoms with Gasteiger partial charge in [0.2, 0.25) is 0 Å². The average Bonchev–Trinajstić information content (AvgIpc) is 2.36. The SMILES string of the molecule is CCCc1conc1C(=O)O. The first-order valence-electron chi connectivity index (χ1n) is 3.42. The van der Waals surface area contributed by atoms with Crippen LogP contribution < -0.4 is 0 Å². The molecule has 0 radical (unpaired) electrons. The van der Waals surface area contributed by atoms with E-state index < -0.39 is 5.97 Å². The molecule has 0 amide bonds. The minimum Gasteiger partial charge on any atom is -0.476 e. The van der Waals surface area contributed by atoms with Crippen molar-refractivity contribution in [2.45, 2.75) is 19.8 Å². The van der Waals surface area contributed by atoms with Gasteiger partial charge in [0.1, 0.15) is 6.26 Å². The fraction of sp³-hybridized carbons (Fsp3) is 0.429. The number of aryl methyl sites for hydroxylation is 1. The molecule has 0 atom stereocenters. The lowest BCUT2D eigenvalue weighted by molar-refractivity contribution is 0.0684. The average molecular weight is 155 g/mol. The Labute approximate surface area is 63.8 Å². The van der Waals surface area contributed by atoms with Gasteiger partial charge in [-0.05, 0) is 6.42 Å². The third-order valence-electron chi connectivity index (χ3n) is 1.37. The van der Waals surface area contributed by atoms with E-state index in [4.69, 9.17) is 5.11 Å². The first kappa shape index (κ1) is 7.78. The van der Waals surface area contributed by atoms with Gasteiger partial charge in [-0.3, -0.25) is 0 Å². The zero-order valence-corrected chi connectivity index (χ0v) is 6.20. The molecule has 0 bridgehead atoms. The van der Waals surface area contributed by atoms with Crippen LogP contribution >= 0.6 is 0 Å². The molecule has 0 aromatic carbocycles. The molecule has 1 N–H and O–H groups in total. The normalized spacial score (nSPS) is 9.91. The number of aromatic carboxylic acids is 1. The maximum Gasteiger partial charge on any atom is 0.358 e. The number of aromatic nitrogens is 1.